The molecule has 25 heavy (non-hydrogen) atoms. The lowest BCUT2D eigenvalue weighted by atomic mass is 10.1. The molecule has 6 nitrogen and oxygen atoms in total. The summed E-state index contributed by atoms with van der Waals surface area (Å²) in [6, 6.07) is 5.84. The minimum Gasteiger partial charge on any atom is -0.444 e. The van der Waals surface area contributed by atoms with Crippen LogP contribution in [0.1, 0.15) is 34.6 Å². The van der Waals surface area contributed by atoms with E-state index in [-0.39, 0.29) is 0 Å². The zero-order chi connectivity index (χ0) is 18.8. The smallest absolute Gasteiger partial charge is 0.408 e. The molecular weight excluding hydrogens is 384 g/mol. The molecule has 0 spiro atoms. The molecule has 2 rings (SSSR count). The second-order valence-electron chi connectivity index (χ2n) is 7.61. The van der Waals surface area contributed by atoms with E-state index >= 15 is 0 Å². The highest BCUT2D eigenvalue weighted by molar-refractivity contribution is 9.10. The van der Waals surface area contributed by atoms with E-state index in [0.29, 0.717) is 12.2 Å². The largest absolute Gasteiger partial charge is 0.444 e. The van der Waals surface area contributed by atoms with Crippen LogP contribution in [0.3, 0.4) is 0 Å². The van der Waals surface area contributed by atoms with Gasteiger partial charge in [0.1, 0.15) is 5.60 Å². The Morgan fingerprint density at radius 1 is 1.28 bits per heavy atom. The lowest BCUT2D eigenvalue weighted by Crippen LogP contribution is -2.50. The number of anilines is 2. The van der Waals surface area contributed by atoms with E-state index in [9.17, 15) is 4.79 Å². The number of hydrogen-bond donors (Lipinski definition) is 3. The number of alkyl carbamates (subject to hydrolysis) is 1. The van der Waals surface area contributed by atoms with Crippen LogP contribution in [-0.4, -0.2) is 28.8 Å². The number of fused-ring (bicyclic) bond motifs is 1. The van der Waals surface area contributed by atoms with Crippen LogP contribution in [0.15, 0.2) is 28.9 Å². The molecule has 0 bridgehead atoms. The Kier molecular flexibility index (Phi) is 5.46. The first-order valence-electron chi connectivity index (χ1n) is 8.06. The highest BCUT2D eigenvalue weighted by atomic mass is 79.9. The Labute approximate surface area is 156 Å². The maximum Gasteiger partial charge on any atom is 0.408 e. The van der Waals surface area contributed by atoms with Crippen molar-refractivity contribution < 1.29 is 9.53 Å². The third kappa shape index (κ3) is 5.49. The van der Waals surface area contributed by atoms with Crippen LogP contribution in [0.5, 0.6) is 0 Å². The molecule has 0 aliphatic rings. The van der Waals surface area contributed by atoms with Gasteiger partial charge in [-0.1, -0.05) is 15.9 Å². The van der Waals surface area contributed by atoms with Crippen LogP contribution in [0.2, 0.25) is 0 Å². The van der Waals surface area contributed by atoms with Gasteiger partial charge in [0.15, 0.2) is 0 Å². The minimum atomic E-state index is -0.535. The standard InChI is InChI=1S/C18H25BrN4O2/c1-17(2,3)25-16(24)23-18(4,5)10-22-15-12-7-6-11(19)8-14(12)21-9-13(15)20/h6-9H,10,20H2,1-5H3,(H,21,22)(H,23,24). The van der Waals surface area contributed by atoms with Gasteiger partial charge in [-0.15, -0.1) is 0 Å². The van der Waals surface area contributed by atoms with Crippen molar-refractivity contribution in [3.63, 3.8) is 0 Å². The van der Waals surface area contributed by atoms with E-state index in [4.69, 9.17) is 10.5 Å². The number of benzene rings is 1. The van der Waals surface area contributed by atoms with Gasteiger partial charge < -0.3 is 21.1 Å². The quantitative estimate of drug-likeness (QED) is 0.701. The highest BCUT2D eigenvalue weighted by Gasteiger charge is 2.25. The summed E-state index contributed by atoms with van der Waals surface area (Å²) in [6.07, 6.45) is 1.18. The number of hydrogen-bond acceptors (Lipinski definition) is 5. The molecule has 1 heterocycles. The third-order valence-corrected chi connectivity index (χ3v) is 3.90. The predicted octanol–water partition coefficient (Wildman–Crippen LogP) is 4.29. The summed E-state index contributed by atoms with van der Waals surface area (Å²) >= 11 is 3.44. The Morgan fingerprint density at radius 3 is 2.60 bits per heavy atom. The monoisotopic (exact) mass is 408 g/mol. The van der Waals surface area contributed by atoms with E-state index in [2.05, 4.69) is 31.5 Å². The molecule has 4 N–H and O–H groups in total. The van der Waals surface area contributed by atoms with Gasteiger partial charge in [-0.2, -0.15) is 0 Å². The maximum absolute atomic E-state index is 12.0. The number of pyridine rings is 1. The fourth-order valence-corrected chi connectivity index (χ4v) is 2.66. The summed E-state index contributed by atoms with van der Waals surface area (Å²) in [5.74, 6) is 0. The first-order chi connectivity index (χ1) is 11.5. The van der Waals surface area contributed by atoms with Crippen molar-refractivity contribution in [1.29, 1.82) is 0 Å². The number of amides is 1. The molecule has 0 radical (unpaired) electrons. The Morgan fingerprint density at radius 2 is 1.96 bits per heavy atom. The summed E-state index contributed by atoms with van der Waals surface area (Å²) in [4.78, 5) is 16.4. The molecule has 0 unspecified atom stereocenters. The van der Waals surface area contributed by atoms with Crippen molar-refractivity contribution >= 4 is 44.3 Å². The average molecular weight is 409 g/mol. The Hall–Kier alpha value is -2.02. The number of rotatable bonds is 4. The second kappa shape index (κ2) is 7.07. The van der Waals surface area contributed by atoms with Gasteiger partial charge in [0.05, 0.1) is 28.6 Å². The van der Waals surface area contributed by atoms with Crippen molar-refractivity contribution in [3.8, 4) is 0 Å². The molecule has 0 aliphatic heterocycles. The molecular formula is C18H25BrN4O2. The van der Waals surface area contributed by atoms with Crippen LogP contribution in [-0.2, 0) is 4.74 Å². The van der Waals surface area contributed by atoms with Crippen LogP contribution in [0, 0.1) is 0 Å². The van der Waals surface area contributed by atoms with E-state index in [1.165, 1.54) is 0 Å². The number of halogens is 1. The molecule has 0 aliphatic carbocycles. The molecule has 136 valence electrons. The number of nitrogens with two attached hydrogens (primary N) is 1. The molecule has 0 saturated carbocycles. The van der Waals surface area contributed by atoms with Gasteiger partial charge in [0, 0.05) is 16.4 Å². The molecule has 1 aromatic heterocycles. The summed E-state index contributed by atoms with van der Waals surface area (Å²) in [6.45, 7) is 9.81. The average Bonchev–Trinajstić information content (AvgIpc) is 2.43. The zero-order valence-electron chi connectivity index (χ0n) is 15.2. The third-order valence-electron chi connectivity index (χ3n) is 3.41. The van der Waals surface area contributed by atoms with Gasteiger partial charge in [-0.3, -0.25) is 4.98 Å². The second-order valence-corrected chi connectivity index (χ2v) is 8.53. The number of nitrogens with one attached hydrogen (secondary N) is 2. The molecule has 1 amide bonds. The van der Waals surface area contributed by atoms with Crippen LogP contribution < -0.4 is 16.4 Å². The zero-order valence-corrected chi connectivity index (χ0v) is 16.8. The number of aromatic nitrogens is 1. The van der Waals surface area contributed by atoms with Crippen LogP contribution in [0.25, 0.3) is 10.9 Å². The predicted molar refractivity (Wildman–Crippen MR) is 106 cm³/mol. The van der Waals surface area contributed by atoms with E-state index in [1.807, 2.05) is 52.8 Å². The number of nitrogen functional groups attached to an aromatic ring is 1. The van der Waals surface area contributed by atoms with Crippen molar-refractivity contribution in [2.75, 3.05) is 17.6 Å². The van der Waals surface area contributed by atoms with Crippen molar-refractivity contribution in [3.05, 3.63) is 28.9 Å². The first kappa shape index (κ1) is 19.3. The normalized spacial score (nSPS) is 12.1. The molecule has 0 saturated heterocycles. The molecule has 0 fully saturated rings. The Balaban J connectivity index is 2.13. The van der Waals surface area contributed by atoms with Crippen molar-refractivity contribution in [1.82, 2.24) is 10.3 Å². The number of ether oxygens (including phenoxy) is 1. The van der Waals surface area contributed by atoms with Gasteiger partial charge in [0.25, 0.3) is 0 Å². The van der Waals surface area contributed by atoms with E-state index in [0.717, 1.165) is 21.1 Å². The number of carbonyl (C=O) groups is 1. The van der Waals surface area contributed by atoms with Crippen LogP contribution in [0.4, 0.5) is 16.2 Å². The summed E-state index contributed by atoms with van der Waals surface area (Å²) in [5.41, 5.74) is 7.22. The van der Waals surface area contributed by atoms with E-state index in [1.54, 1.807) is 6.20 Å². The lowest BCUT2D eigenvalue weighted by molar-refractivity contribution is 0.0478. The van der Waals surface area contributed by atoms with Gasteiger partial charge in [-0.25, -0.2) is 4.79 Å². The van der Waals surface area contributed by atoms with Crippen LogP contribution >= 0.6 is 15.9 Å². The fraction of sp³-hybridized carbons (Fsp3) is 0.444. The number of carbonyl (C=O) groups excluding carboxylic acids is 1. The molecule has 7 heteroatoms. The fourth-order valence-electron chi connectivity index (χ4n) is 2.31. The molecule has 2 aromatic rings. The highest BCUT2D eigenvalue weighted by Crippen LogP contribution is 2.30. The summed E-state index contributed by atoms with van der Waals surface area (Å²) < 4.78 is 6.27. The summed E-state index contributed by atoms with van der Waals surface area (Å²) in [5, 5.41) is 7.13. The van der Waals surface area contributed by atoms with Gasteiger partial charge in [0.2, 0.25) is 0 Å². The minimum absolute atomic E-state index is 0.448. The number of nitrogens with zero attached hydrogens (tertiary/aromatic N) is 1. The first-order valence-corrected chi connectivity index (χ1v) is 8.85. The van der Waals surface area contributed by atoms with Crippen molar-refractivity contribution in [2.24, 2.45) is 0 Å². The molecule has 1 aromatic carbocycles. The van der Waals surface area contributed by atoms with E-state index < -0.39 is 17.2 Å². The SMILES string of the molecule is CC(C)(CNc1c(N)cnc2cc(Br)ccc12)NC(=O)OC(C)(C)C. The lowest BCUT2D eigenvalue weighted by Gasteiger charge is -2.29. The maximum atomic E-state index is 12.0. The molecule has 0 atom stereocenters. The van der Waals surface area contributed by atoms with Crippen molar-refractivity contribution in [2.45, 2.75) is 45.8 Å². The van der Waals surface area contributed by atoms with Gasteiger partial charge in [-0.05, 0) is 52.8 Å². The topological polar surface area (TPSA) is 89.3 Å². The summed E-state index contributed by atoms with van der Waals surface area (Å²) in [7, 11) is 0. The van der Waals surface area contributed by atoms with Gasteiger partial charge >= 0.3 is 6.09 Å². The Bertz CT molecular complexity index is 784.